The minimum absolute atomic E-state index is 0.0208. The summed E-state index contributed by atoms with van der Waals surface area (Å²) in [6, 6.07) is 3.34. The number of hydrogen-bond donors (Lipinski definition) is 2. The summed E-state index contributed by atoms with van der Waals surface area (Å²) < 4.78 is 27.2. The van der Waals surface area contributed by atoms with Gasteiger partial charge in [0.2, 0.25) is 11.8 Å². The zero-order valence-corrected chi connectivity index (χ0v) is 13.7. The van der Waals surface area contributed by atoms with Gasteiger partial charge >= 0.3 is 0 Å². The fourth-order valence-corrected chi connectivity index (χ4v) is 2.98. The second-order valence-electron chi connectivity index (χ2n) is 6.33. The number of hydrogen-bond acceptors (Lipinski definition) is 3. The first-order valence-corrected chi connectivity index (χ1v) is 8.10. The summed E-state index contributed by atoms with van der Waals surface area (Å²) in [5.74, 6) is -1.82. The number of carbonyl (C=O) groups is 2. The maximum Gasteiger partial charge on any atom is 0.234 e. The van der Waals surface area contributed by atoms with Gasteiger partial charge in [-0.25, -0.2) is 8.78 Å². The molecule has 0 bridgehead atoms. The number of rotatable bonds is 6. The molecule has 1 aliphatic heterocycles. The molecule has 0 aromatic heterocycles. The fraction of sp³-hybridized carbons (Fsp3) is 0.529. The number of benzene rings is 1. The third-order valence-electron chi connectivity index (χ3n) is 4.34. The Hall–Kier alpha value is -2.02. The van der Waals surface area contributed by atoms with Gasteiger partial charge in [0.1, 0.15) is 11.6 Å². The number of likely N-dealkylation sites (tertiary alicyclic amines) is 1. The van der Waals surface area contributed by atoms with Crippen LogP contribution in [0.5, 0.6) is 0 Å². The minimum atomic E-state index is -0.607. The zero-order valence-electron chi connectivity index (χ0n) is 13.7. The molecule has 7 heteroatoms. The van der Waals surface area contributed by atoms with E-state index in [1.54, 1.807) is 6.92 Å². The van der Waals surface area contributed by atoms with Gasteiger partial charge in [0.25, 0.3) is 0 Å². The van der Waals surface area contributed by atoms with E-state index in [1.807, 2.05) is 4.90 Å². The van der Waals surface area contributed by atoms with Crippen molar-refractivity contribution in [3.05, 3.63) is 35.4 Å². The predicted molar refractivity (Wildman–Crippen MR) is 86.0 cm³/mol. The molecule has 1 fully saturated rings. The van der Waals surface area contributed by atoms with Gasteiger partial charge in [-0.15, -0.1) is 0 Å². The van der Waals surface area contributed by atoms with Crippen molar-refractivity contribution < 1.29 is 18.4 Å². The number of primary amides is 1. The lowest BCUT2D eigenvalue weighted by molar-refractivity contribution is -0.124. The van der Waals surface area contributed by atoms with E-state index >= 15 is 0 Å². The lowest BCUT2D eigenvalue weighted by Gasteiger charge is -2.30. The number of nitrogens with two attached hydrogens (primary N) is 1. The molecule has 0 aliphatic carbocycles. The number of piperidine rings is 1. The van der Waals surface area contributed by atoms with Gasteiger partial charge in [0.05, 0.1) is 6.54 Å². The van der Waals surface area contributed by atoms with Gasteiger partial charge in [0, 0.05) is 17.5 Å². The second kappa shape index (κ2) is 8.19. The molecule has 0 spiro atoms. The monoisotopic (exact) mass is 339 g/mol. The largest absolute Gasteiger partial charge is 0.369 e. The Morgan fingerprint density at radius 2 is 1.88 bits per heavy atom. The molecule has 1 aromatic carbocycles. The molecule has 0 saturated carbocycles. The maximum atomic E-state index is 13.6. The first kappa shape index (κ1) is 18.3. The van der Waals surface area contributed by atoms with Crippen molar-refractivity contribution in [2.75, 3.05) is 19.6 Å². The molecule has 0 unspecified atom stereocenters. The van der Waals surface area contributed by atoms with Crippen LogP contribution in [0, 0.1) is 17.6 Å². The summed E-state index contributed by atoms with van der Waals surface area (Å²) in [6.07, 6.45) is 1.39. The highest BCUT2D eigenvalue weighted by atomic mass is 19.1. The Kier molecular flexibility index (Phi) is 6.25. The van der Waals surface area contributed by atoms with Crippen LogP contribution in [0.1, 0.15) is 25.3 Å². The SMILES string of the molecule is C[C@H](Cc1c(F)cccc1F)NC(=O)CN1CCC(C(N)=O)CC1. The number of amides is 2. The number of nitrogens with one attached hydrogen (secondary N) is 1. The maximum absolute atomic E-state index is 13.6. The molecule has 132 valence electrons. The fourth-order valence-electron chi connectivity index (χ4n) is 2.98. The molecule has 2 amide bonds. The number of halogens is 2. The molecule has 1 heterocycles. The molecule has 3 N–H and O–H groups in total. The zero-order chi connectivity index (χ0) is 17.7. The smallest absolute Gasteiger partial charge is 0.234 e. The summed E-state index contributed by atoms with van der Waals surface area (Å²) >= 11 is 0. The van der Waals surface area contributed by atoms with Gasteiger partial charge in [-0.05, 0) is 51.4 Å². The molecule has 0 radical (unpaired) electrons. The van der Waals surface area contributed by atoms with Crippen LogP contribution in [-0.4, -0.2) is 42.4 Å². The highest BCUT2D eigenvalue weighted by molar-refractivity contribution is 5.78. The van der Waals surface area contributed by atoms with E-state index in [2.05, 4.69) is 5.32 Å². The lowest BCUT2D eigenvalue weighted by Crippen LogP contribution is -2.45. The molecular formula is C17H23F2N3O2. The van der Waals surface area contributed by atoms with E-state index in [1.165, 1.54) is 18.2 Å². The third kappa shape index (κ3) is 4.99. The van der Waals surface area contributed by atoms with Crippen molar-refractivity contribution in [3.63, 3.8) is 0 Å². The average Bonchev–Trinajstić information content (AvgIpc) is 2.51. The van der Waals surface area contributed by atoms with Crippen LogP contribution in [0.4, 0.5) is 8.78 Å². The van der Waals surface area contributed by atoms with Crippen molar-refractivity contribution in [1.82, 2.24) is 10.2 Å². The van der Waals surface area contributed by atoms with Crippen molar-refractivity contribution in [3.8, 4) is 0 Å². The first-order valence-electron chi connectivity index (χ1n) is 8.10. The van der Waals surface area contributed by atoms with Crippen LogP contribution in [0.3, 0.4) is 0 Å². The van der Waals surface area contributed by atoms with Crippen LogP contribution in [0.25, 0.3) is 0 Å². The van der Waals surface area contributed by atoms with Crippen molar-refractivity contribution in [2.45, 2.75) is 32.2 Å². The topological polar surface area (TPSA) is 75.4 Å². The molecule has 1 aromatic rings. The van der Waals surface area contributed by atoms with E-state index in [0.29, 0.717) is 25.9 Å². The summed E-state index contributed by atoms with van der Waals surface area (Å²) in [6.45, 7) is 3.19. The van der Waals surface area contributed by atoms with Gasteiger partial charge in [-0.1, -0.05) is 6.07 Å². The summed E-state index contributed by atoms with van der Waals surface area (Å²) in [4.78, 5) is 25.1. The van der Waals surface area contributed by atoms with Crippen molar-refractivity contribution >= 4 is 11.8 Å². The minimum Gasteiger partial charge on any atom is -0.369 e. The van der Waals surface area contributed by atoms with Gasteiger partial charge in [0.15, 0.2) is 0 Å². The first-order chi connectivity index (χ1) is 11.4. The summed E-state index contributed by atoms with van der Waals surface area (Å²) in [5.41, 5.74) is 5.26. The van der Waals surface area contributed by atoms with E-state index in [9.17, 15) is 18.4 Å². The van der Waals surface area contributed by atoms with Gasteiger partial charge in [-0.3, -0.25) is 14.5 Å². The Labute approximate surface area is 140 Å². The van der Waals surface area contributed by atoms with Gasteiger partial charge in [-0.2, -0.15) is 0 Å². The highest BCUT2D eigenvalue weighted by Gasteiger charge is 2.24. The average molecular weight is 339 g/mol. The quantitative estimate of drug-likeness (QED) is 0.818. The van der Waals surface area contributed by atoms with Crippen LogP contribution >= 0.6 is 0 Å². The predicted octanol–water partition coefficient (Wildman–Crippen LogP) is 1.21. The van der Waals surface area contributed by atoms with Gasteiger partial charge < -0.3 is 11.1 Å². The Morgan fingerprint density at radius 3 is 2.42 bits per heavy atom. The molecular weight excluding hydrogens is 316 g/mol. The molecule has 1 aliphatic rings. The van der Waals surface area contributed by atoms with Crippen LogP contribution in [-0.2, 0) is 16.0 Å². The van der Waals surface area contributed by atoms with Crippen molar-refractivity contribution in [1.29, 1.82) is 0 Å². The van der Waals surface area contributed by atoms with E-state index in [-0.39, 0.29) is 42.3 Å². The summed E-state index contributed by atoms with van der Waals surface area (Å²) in [7, 11) is 0. The molecule has 24 heavy (non-hydrogen) atoms. The van der Waals surface area contributed by atoms with Crippen LogP contribution in [0.15, 0.2) is 18.2 Å². The van der Waals surface area contributed by atoms with E-state index in [4.69, 9.17) is 5.73 Å². The normalized spacial score (nSPS) is 17.5. The third-order valence-corrected chi connectivity index (χ3v) is 4.34. The van der Waals surface area contributed by atoms with E-state index in [0.717, 1.165) is 0 Å². The Balaban J connectivity index is 1.79. The standard InChI is InChI=1S/C17H23F2N3O2/c1-11(9-13-14(18)3-2-4-15(13)19)21-16(23)10-22-7-5-12(6-8-22)17(20)24/h2-4,11-12H,5-10H2,1H3,(H2,20,24)(H,21,23)/t11-/m1/s1. The molecule has 2 rings (SSSR count). The molecule has 1 atom stereocenters. The van der Waals surface area contributed by atoms with Crippen LogP contribution < -0.4 is 11.1 Å². The van der Waals surface area contributed by atoms with E-state index < -0.39 is 11.6 Å². The summed E-state index contributed by atoms with van der Waals surface area (Å²) in [5, 5.41) is 2.76. The molecule has 5 nitrogen and oxygen atoms in total. The second-order valence-corrected chi connectivity index (χ2v) is 6.33. The highest BCUT2D eigenvalue weighted by Crippen LogP contribution is 2.16. The lowest BCUT2D eigenvalue weighted by atomic mass is 9.96. The number of nitrogens with zero attached hydrogens (tertiary/aromatic N) is 1. The van der Waals surface area contributed by atoms with Crippen LogP contribution in [0.2, 0.25) is 0 Å². The Bertz CT molecular complexity index is 581. The van der Waals surface area contributed by atoms with Crippen molar-refractivity contribution in [2.24, 2.45) is 11.7 Å². The Morgan fingerprint density at radius 1 is 1.29 bits per heavy atom. The number of carbonyl (C=O) groups excluding carboxylic acids is 2. The molecule has 1 saturated heterocycles.